The van der Waals surface area contributed by atoms with Gasteiger partial charge in [0.25, 0.3) is 3.79 Å². The number of fused-ring (bicyclic) bond motifs is 1. The maximum absolute atomic E-state index is 11.8. The van der Waals surface area contributed by atoms with Crippen LogP contribution in [0, 0.1) is 5.41 Å². The molecule has 0 amide bonds. The zero-order valence-electron chi connectivity index (χ0n) is 19.1. The van der Waals surface area contributed by atoms with Gasteiger partial charge in [0.2, 0.25) is 12.2 Å². The number of halogens is 3. The Morgan fingerprint density at radius 1 is 1.10 bits per heavy atom. The SMILES string of the molecule is CC(=O)O[C@H]1[C@@H](OC(=N)C(Cl)(Cl)Cl)O[C@H](CO[Si](C)(C)C(C)(C)C)[C@@H]2OC(C)(C)O[C@@H]21. The summed E-state index contributed by atoms with van der Waals surface area (Å²) in [5.74, 6) is -2.20. The molecule has 2 aliphatic heterocycles. The van der Waals surface area contributed by atoms with Crippen molar-refractivity contribution in [1.29, 1.82) is 5.41 Å². The number of hydrogen-bond acceptors (Lipinski definition) is 8. The molecule has 12 heteroatoms. The summed E-state index contributed by atoms with van der Waals surface area (Å²) >= 11 is 17.3. The fourth-order valence-corrected chi connectivity index (χ4v) is 4.22. The Morgan fingerprint density at radius 2 is 1.65 bits per heavy atom. The molecule has 0 aromatic heterocycles. The summed E-state index contributed by atoms with van der Waals surface area (Å²) in [5, 5.41) is 7.92. The molecule has 2 saturated heterocycles. The topological polar surface area (TPSA) is 96.3 Å². The van der Waals surface area contributed by atoms with Crippen LogP contribution >= 0.6 is 34.8 Å². The van der Waals surface area contributed by atoms with Gasteiger partial charge >= 0.3 is 5.97 Å². The van der Waals surface area contributed by atoms with Crippen molar-refractivity contribution in [2.75, 3.05) is 6.61 Å². The van der Waals surface area contributed by atoms with E-state index in [9.17, 15) is 4.79 Å². The summed E-state index contributed by atoms with van der Waals surface area (Å²) in [6, 6.07) is 0. The second kappa shape index (κ2) is 9.25. The molecule has 31 heavy (non-hydrogen) atoms. The van der Waals surface area contributed by atoms with E-state index < -0.39 is 60.5 Å². The number of rotatable bonds is 5. The average molecular weight is 521 g/mol. The van der Waals surface area contributed by atoms with Gasteiger partial charge in [0.15, 0.2) is 20.2 Å². The standard InChI is InChI=1S/C19H32Cl3NO7Si/c1-10(24)26-14-13-12(29-18(5,6)30-13)11(9-25-31(7,8)17(2,3)4)27-15(14)28-16(23)19(20,21)22/h11-15,23H,9H2,1-8H3/t11-,12+,13+,14-,15-/m1/s1. The normalized spacial score (nSPS) is 31.1. The summed E-state index contributed by atoms with van der Waals surface area (Å²) in [6.07, 6.45) is -4.24. The van der Waals surface area contributed by atoms with E-state index in [1.807, 2.05) is 0 Å². The van der Waals surface area contributed by atoms with Gasteiger partial charge in [0.05, 0.1) is 6.61 Å². The van der Waals surface area contributed by atoms with Crippen LogP contribution in [0.25, 0.3) is 0 Å². The molecule has 0 aromatic rings. The van der Waals surface area contributed by atoms with E-state index >= 15 is 0 Å². The summed E-state index contributed by atoms with van der Waals surface area (Å²) in [5.41, 5.74) is 0. The van der Waals surface area contributed by atoms with Gasteiger partial charge in [0.1, 0.15) is 18.3 Å². The molecule has 2 fully saturated rings. The molecular formula is C19H32Cl3NO7Si. The van der Waals surface area contributed by atoms with Crippen LogP contribution in [-0.2, 0) is 32.9 Å². The fraction of sp³-hybridized carbons (Fsp3) is 0.895. The van der Waals surface area contributed by atoms with E-state index in [2.05, 4.69) is 33.9 Å². The highest BCUT2D eigenvalue weighted by Crippen LogP contribution is 2.42. The largest absolute Gasteiger partial charge is 0.453 e. The molecule has 5 atom stereocenters. The quantitative estimate of drug-likeness (QED) is 0.187. The van der Waals surface area contributed by atoms with Crippen LogP contribution in [-0.4, -0.2) is 67.1 Å². The average Bonchev–Trinajstić information content (AvgIpc) is 2.88. The maximum atomic E-state index is 11.8. The molecule has 0 radical (unpaired) electrons. The van der Waals surface area contributed by atoms with Crippen molar-refractivity contribution in [2.45, 2.75) is 100.0 Å². The van der Waals surface area contributed by atoms with E-state index in [4.69, 9.17) is 68.3 Å². The van der Waals surface area contributed by atoms with Crippen LogP contribution < -0.4 is 0 Å². The van der Waals surface area contributed by atoms with Crippen molar-refractivity contribution in [3.05, 3.63) is 0 Å². The van der Waals surface area contributed by atoms with Crippen LogP contribution in [0.5, 0.6) is 0 Å². The molecule has 2 rings (SSSR count). The van der Waals surface area contributed by atoms with Gasteiger partial charge in [-0.25, -0.2) is 0 Å². The molecule has 2 heterocycles. The number of carbonyl (C=O) groups is 1. The van der Waals surface area contributed by atoms with E-state index in [0.717, 1.165) is 0 Å². The fourth-order valence-electron chi connectivity index (χ4n) is 3.07. The van der Waals surface area contributed by atoms with Gasteiger partial charge in [-0.15, -0.1) is 0 Å². The first-order valence-corrected chi connectivity index (χ1v) is 14.0. The molecule has 0 aromatic carbocycles. The van der Waals surface area contributed by atoms with Crippen molar-refractivity contribution in [2.24, 2.45) is 0 Å². The second-order valence-corrected chi connectivity index (χ2v) is 16.8. The Morgan fingerprint density at radius 3 is 2.13 bits per heavy atom. The second-order valence-electron chi connectivity index (χ2n) is 9.70. The smallest absolute Gasteiger partial charge is 0.303 e. The van der Waals surface area contributed by atoms with E-state index in [1.165, 1.54) is 6.92 Å². The molecule has 2 aliphatic rings. The van der Waals surface area contributed by atoms with E-state index in [0.29, 0.717) is 0 Å². The maximum Gasteiger partial charge on any atom is 0.303 e. The van der Waals surface area contributed by atoms with Crippen molar-refractivity contribution >= 4 is 55.0 Å². The van der Waals surface area contributed by atoms with Crippen LogP contribution in [0.4, 0.5) is 0 Å². The van der Waals surface area contributed by atoms with Gasteiger partial charge in [0, 0.05) is 6.92 Å². The molecular weight excluding hydrogens is 489 g/mol. The van der Waals surface area contributed by atoms with Crippen LogP contribution in [0.2, 0.25) is 18.1 Å². The van der Waals surface area contributed by atoms with E-state index in [1.54, 1.807) is 13.8 Å². The Hall–Kier alpha value is -0.133. The lowest BCUT2D eigenvalue weighted by Crippen LogP contribution is -2.60. The van der Waals surface area contributed by atoms with Gasteiger partial charge < -0.3 is 28.1 Å². The van der Waals surface area contributed by atoms with Crippen molar-refractivity contribution < 1.29 is 32.9 Å². The summed E-state index contributed by atoms with van der Waals surface area (Å²) < 4.78 is 33.3. The van der Waals surface area contributed by atoms with Gasteiger partial charge in [-0.1, -0.05) is 55.6 Å². The lowest BCUT2D eigenvalue weighted by Gasteiger charge is -2.43. The molecule has 0 spiro atoms. The van der Waals surface area contributed by atoms with Crippen LogP contribution in [0.1, 0.15) is 41.5 Å². The first-order valence-electron chi connectivity index (χ1n) is 9.99. The number of alkyl halides is 3. The summed E-state index contributed by atoms with van der Waals surface area (Å²) in [4.78, 5) is 11.8. The van der Waals surface area contributed by atoms with Crippen molar-refractivity contribution in [3.63, 3.8) is 0 Å². The zero-order chi connectivity index (χ0) is 24.0. The highest BCUT2D eigenvalue weighted by molar-refractivity contribution is 6.76. The number of carbonyl (C=O) groups excluding carboxylic acids is 1. The molecule has 0 saturated carbocycles. The lowest BCUT2D eigenvalue weighted by molar-refractivity contribution is -0.264. The summed E-state index contributed by atoms with van der Waals surface area (Å²) in [6.45, 7) is 15.6. The Kier molecular flexibility index (Phi) is 8.09. The predicted molar refractivity (Wildman–Crippen MR) is 120 cm³/mol. The Bertz CT molecular complexity index is 693. The lowest BCUT2D eigenvalue weighted by atomic mass is 9.99. The monoisotopic (exact) mass is 519 g/mol. The summed E-state index contributed by atoms with van der Waals surface area (Å²) in [7, 11) is -2.10. The molecule has 0 aliphatic carbocycles. The minimum Gasteiger partial charge on any atom is -0.453 e. The number of ether oxygens (including phenoxy) is 5. The molecule has 180 valence electrons. The van der Waals surface area contributed by atoms with Crippen molar-refractivity contribution in [1.82, 2.24) is 0 Å². The molecule has 0 unspecified atom stereocenters. The van der Waals surface area contributed by atoms with Gasteiger partial charge in [-0.3, -0.25) is 10.2 Å². The van der Waals surface area contributed by atoms with Gasteiger partial charge in [-0.05, 0) is 32.0 Å². The third-order valence-electron chi connectivity index (χ3n) is 5.64. The number of hydrogen-bond donors (Lipinski definition) is 1. The third kappa shape index (κ3) is 6.69. The third-order valence-corrected chi connectivity index (χ3v) is 10.7. The Balaban J connectivity index is 2.32. The number of esters is 1. The molecule has 8 nitrogen and oxygen atoms in total. The van der Waals surface area contributed by atoms with Crippen LogP contribution in [0.3, 0.4) is 0 Å². The molecule has 0 bridgehead atoms. The first kappa shape index (κ1) is 27.1. The minimum absolute atomic E-state index is 0.0127. The Labute approximate surface area is 199 Å². The van der Waals surface area contributed by atoms with Crippen LogP contribution in [0.15, 0.2) is 0 Å². The number of nitrogens with one attached hydrogen (secondary N) is 1. The van der Waals surface area contributed by atoms with E-state index in [-0.39, 0.29) is 11.6 Å². The predicted octanol–water partition coefficient (Wildman–Crippen LogP) is 4.55. The highest BCUT2D eigenvalue weighted by atomic mass is 35.6. The minimum atomic E-state index is -2.11. The molecule has 1 N–H and O–H groups in total. The first-order chi connectivity index (χ1) is 13.8. The zero-order valence-corrected chi connectivity index (χ0v) is 22.4. The van der Waals surface area contributed by atoms with Gasteiger partial charge in [-0.2, -0.15) is 0 Å². The highest BCUT2D eigenvalue weighted by Gasteiger charge is 2.58. The van der Waals surface area contributed by atoms with Crippen molar-refractivity contribution in [3.8, 4) is 0 Å².